The second-order valence-corrected chi connectivity index (χ2v) is 1.64. The lowest BCUT2D eigenvalue weighted by Crippen LogP contribution is -1.80. The SMILES string of the molecule is N#Cc1oc(N)nc1Cl. The molecule has 0 unspecified atom stereocenters. The highest BCUT2D eigenvalue weighted by molar-refractivity contribution is 6.30. The number of nitrogen functional groups attached to an aromatic ring is 1. The summed E-state index contributed by atoms with van der Waals surface area (Å²) in [6.07, 6.45) is 0. The van der Waals surface area contributed by atoms with Gasteiger partial charge in [-0.25, -0.2) is 0 Å². The molecule has 0 saturated carbocycles. The Hall–Kier alpha value is -1.21. The molecule has 1 aromatic rings. The quantitative estimate of drug-likeness (QED) is 0.582. The van der Waals surface area contributed by atoms with Crippen LogP contribution >= 0.6 is 11.6 Å². The molecule has 0 aliphatic heterocycles. The van der Waals surface area contributed by atoms with E-state index in [1.165, 1.54) is 0 Å². The standard InChI is InChI=1S/C4H2ClN3O/c5-3-2(1-6)9-4(7)8-3/h(H2,7,8). The van der Waals surface area contributed by atoms with Crippen molar-refractivity contribution in [3.63, 3.8) is 0 Å². The molecule has 46 valence electrons. The minimum atomic E-state index is -0.0865. The maximum absolute atomic E-state index is 8.21. The second-order valence-electron chi connectivity index (χ2n) is 1.28. The van der Waals surface area contributed by atoms with Crippen LogP contribution in [0.2, 0.25) is 5.15 Å². The van der Waals surface area contributed by atoms with E-state index in [0.717, 1.165) is 0 Å². The van der Waals surface area contributed by atoms with Gasteiger partial charge in [-0.1, -0.05) is 11.6 Å². The summed E-state index contributed by atoms with van der Waals surface area (Å²) in [4.78, 5) is 3.44. The van der Waals surface area contributed by atoms with Gasteiger partial charge in [-0.05, 0) is 0 Å². The highest BCUT2D eigenvalue weighted by atomic mass is 35.5. The summed E-state index contributed by atoms with van der Waals surface area (Å²) in [5.41, 5.74) is 5.04. The van der Waals surface area contributed by atoms with Crippen molar-refractivity contribution in [3.05, 3.63) is 10.9 Å². The predicted molar refractivity (Wildman–Crippen MR) is 30.6 cm³/mol. The van der Waals surface area contributed by atoms with Crippen molar-refractivity contribution >= 4 is 17.6 Å². The summed E-state index contributed by atoms with van der Waals surface area (Å²) >= 11 is 5.34. The molecule has 1 rings (SSSR count). The fraction of sp³-hybridized carbons (Fsp3) is 0. The molecule has 0 fully saturated rings. The second kappa shape index (κ2) is 1.96. The lowest BCUT2D eigenvalue weighted by Gasteiger charge is -1.72. The molecule has 0 aliphatic rings. The maximum atomic E-state index is 8.21. The van der Waals surface area contributed by atoms with Gasteiger partial charge in [0.05, 0.1) is 0 Å². The molecule has 0 spiro atoms. The zero-order valence-corrected chi connectivity index (χ0v) is 5.01. The number of nitrogens with two attached hydrogens (primary N) is 1. The molecule has 0 saturated heterocycles. The zero-order chi connectivity index (χ0) is 6.85. The first kappa shape index (κ1) is 5.92. The highest BCUT2D eigenvalue weighted by Gasteiger charge is 2.05. The van der Waals surface area contributed by atoms with Crippen molar-refractivity contribution in [2.45, 2.75) is 0 Å². The van der Waals surface area contributed by atoms with Crippen LogP contribution in [0, 0.1) is 11.3 Å². The van der Waals surface area contributed by atoms with Crippen LogP contribution in [0.3, 0.4) is 0 Å². The van der Waals surface area contributed by atoms with Crippen molar-refractivity contribution in [2.75, 3.05) is 5.73 Å². The summed E-state index contributed by atoms with van der Waals surface area (Å²) in [5, 5.41) is 8.22. The summed E-state index contributed by atoms with van der Waals surface area (Å²) < 4.78 is 4.54. The van der Waals surface area contributed by atoms with Gasteiger partial charge in [0.1, 0.15) is 6.07 Å². The van der Waals surface area contributed by atoms with Gasteiger partial charge < -0.3 is 10.2 Å². The number of halogens is 1. The van der Waals surface area contributed by atoms with E-state index < -0.39 is 0 Å². The number of oxazole rings is 1. The number of hydrogen-bond donors (Lipinski definition) is 1. The lowest BCUT2D eigenvalue weighted by molar-refractivity contribution is 0.566. The zero-order valence-electron chi connectivity index (χ0n) is 4.26. The van der Waals surface area contributed by atoms with Crippen molar-refractivity contribution in [3.8, 4) is 6.07 Å². The Morgan fingerprint density at radius 3 is 2.67 bits per heavy atom. The minimum absolute atomic E-state index is 0.00926. The van der Waals surface area contributed by atoms with Crippen LogP contribution < -0.4 is 5.73 Å². The molecule has 2 N–H and O–H groups in total. The van der Waals surface area contributed by atoms with Crippen LogP contribution in [-0.4, -0.2) is 4.98 Å². The fourth-order valence-electron chi connectivity index (χ4n) is 0.386. The molecule has 0 atom stereocenters. The first-order chi connectivity index (χ1) is 4.24. The molecular formula is C4H2ClN3O. The lowest BCUT2D eigenvalue weighted by atomic mass is 10.6. The fourth-order valence-corrected chi connectivity index (χ4v) is 0.550. The Morgan fingerprint density at radius 2 is 2.44 bits per heavy atom. The average molecular weight is 144 g/mol. The topological polar surface area (TPSA) is 75.8 Å². The third-order valence-electron chi connectivity index (χ3n) is 0.704. The molecule has 0 radical (unpaired) electrons. The van der Waals surface area contributed by atoms with Gasteiger partial charge in [0, 0.05) is 0 Å². The maximum Gasteiger partial charge on any atom is 0.294 e. The van der Waals surface area contributed by atoms with Crippen LogP contribution in [0.25, 0.3) is 0 Å². The number of rotatable bonds is 0. The molecule has 4 nitrogen and oxygen atoms in total. The number of nitrogens with zero attached hydrogens (tertiary/aromatic N) is 2. The molecule has 0 aromatic carbocycles. The monoisotopic (exact) mass is 143 g/mol. The predicted octanol–water partition coefficient (Wildman–Crippen LogP) is 0.782. The van der Waals surface area contributed by atoms with Gasteiger partial charge in [0.2, 0.25) is 5.76 Å². The first-order valence-electron chi connectivity index (χ1n) is 2.06. The van der Waals surface area contributed by atoms with Gasteiger partial charge in [0.25, 0.3) is 6.01 Å². The number of anilines is 1. The van der Waals surface area contributed by atoms with Crippen LogP contribution in [0.4, 0.5) is 6.01 Å². The number of aromatic nitrogens is 1. The number of hydrogen-bond acceptors (Lipinski definition) is 4. The molecule has 1 heterocycles. The Kier molecular flexibility index (Phi) is 1.29. The van der Waals surface area contributed by atoms with E-state index in [4.69, 9.17) is 22.6 Å². The van der Waals surface area contributed by atoms with Crippen molar-refractivity contribution < 1.29 is 4.42 Å². The molecule has 9 heavy (non-hydrogen) atoms. The van der Waals surface area contributed by atoms with Gasteiger partial charge >= 0.3 is 0 Å². The summed E-state index contributed by atoms with van der Waals surface area (Å²) in [5.74, 6) is -0.0471. The third-order valence-corrected chi connectivity index (χ3v) is 0.960. The Bertz CT molecular complexity index is 261. The van der Waals surface area contributed by atoms with E-state index in [-0.39, 0.29) is 16.9 Å². The Morgan fingerprint density at radius 1 is 1.78 bits per heavy atom. The normalized spacial score (nSPS) is 8.89. The van der Waals surface area contributed by atoms with E-state index in [0.29, 0.717) is 0 Å². The van der Waals surface area contributed by atoms with Gasteiger partial charge in [-0.3, -0.25) is 0 Å². The van der Waals surface area contributed by atoms with Crippen molar-refractivity contribution in [1.29, 1.82) is 5.26 Å². The largest absolute Gasteiger partial charge is 0.411 e. The van der Waals surface area contributed by atoms with Crippen molar-refractivity contribution in [2.24, 2.45) is 0 Å². The highest BCUT2D eigenvalue weighted by Crippen LogP contribution is 2.15. The Labute approximate surface area is 55.8 Å². The van der Waals surface area contributed by atoms with Gasteiger partial charge in [0.15, 0.2) is 5.15 Å². The van der Waals surface area contributed by atoms with Crippen LogP contribution in [-0.2, 0) is 0 Å². The van der Waals surface area contributed by atoms with E-state index in [1.807, 2.05) is 0 Å². The number of nitriles is 1. The van der Waals surface area contributed by atoms with E-state index in [1.54, 1.807) is 6.07 Å². The molecule has 0 amide bonds. The summed E-state index contributed by atoms with van der Waals surface area (Å²) in [6.45, 7) is 0. The van der Waals surface area contributed by atoms with E-state index >= 15 is 0 Å². The summed E-state index contributed by atoms with van der Waals surface area (Å²) in [7, 11) is 0. The molecule has 5 heteroatoms. The van der Waals surface area contributed by atoms with Gasteiger partial charge in [-0.15, -0.1) is 0 Å². The Balaban J connectivity index is 3.20. The van der Waals surface area contributed by atoms with Crippen molar-refractivity contribution in [1.82, 2.24) is 4.98 Å². The molecule has 0 bridgehead atoms. The van der Waals surface area contributed by atoms with E-state index in [9.17, 15) is 0 Å². The first-order valence-corrected chi connectivity index (χ1v) is 2.43. The molecule has 0 aliphatic carbocycles. The van der Waals surface area contributed by atoms with Gasteiger partial charge in [-0.2, -0.15) is 10.2 Å². The third kappa shape index (κ3) is 0.952. The van der Waals surface area contributed by atoms with Crippen LogP contribution in [0.1, 0.15) is 5.76 Å². The summed E-state index contributed by atoms with van der Waals surface area (Å²) in [6, 6.07) is 1.59. The average Bonchev–Trinajstić information content (AvgIpc) is 2.10. The smallest absolute Gasteiger partial charge is 0.294 e. The molecule has 1 aromatic heterocycles. The minimum Gasteiger partial charge on any atom is -0.411 e. The van der Waals surface area contributed by atoms with E-state index in [2.05, 4.69) is 9.40 Å². The van der Waals surface area contributed by atoms with Crippen LogP contribution in [0.15, 0.2) is 4.42 Å². The van der Waals surface area contributed by atoms with Crippen LogP contribution in [0.5, 0.6) is 0 Å². The molecular weight excluding hydrogens is 142 g/mol.